The molecular weight excluding hydrogens is 366 g/mol. The van der Waals surface area contributed by atoms with Gasteiger partial charge in [0.15, 0.2) is 0 Å². The molecule has 4 rings (SSSR count). The van der Waals surface area contributed by atoms with Crippen LogP contribution in [0.4, 0.5) is 11.6 Å². The number of para-hydroxylation sites is 1. The molecule has 2 atom stereocenters. The molecule has 2 aromatic rings. The Morgan fingerprint density at radius 3 is 2.62 bits per heavy atom. The highest BCUT2D eigenvalue weighted by atomic mass is 16.4. The molecule has 0 bridgehead atoms. The largest absolute Gasteiger partial charge is 0.478 e. The van der Waals surface area contributed by atoms with Gasteiger partial charge in [-0.3, -0.25) is 0 Å². The maximum absolute atomic E-state index is 10.9. The molecule has 2 aliphatic rings. The maximum Gasteiger partial charge on any atom is 0.338 e. The van der Waals surface area contributed by atoms with Crippen LogP contribution in [-0.4, -0.2) is 60.3 Å². The normalized spacial score (nSPS) is 20.6. The summed E-state index contributed by atoms with van der Waals surface area (Å²) in [6.07, 6.45) is 4.95. The Morgan fingerprint density at radius 1 is 1.24 bits per heavy atom. The van der Waals surface area contributed by atoms with Crippen molar-refractivity contribution < 1.29 is 9.90 Å². The molecule has 1 aromatic heterocycles. The number of carboxylic acid groups (broad SMARTS) is 1. The molecule has 0 saturated carbocycles. The predicted octanol–water partition coefficient (Wildman–Crippen LogP) is 2.60. The molecule has 2 aliphatic heterocycles. The average molecular weight is 396 g/mol. The van der Waals surface area contributed by atoms with Crippen molar-refractivity contribution in [2.45, 2.75) is 31.7 Å². The lowest BCUT2D eigenvalue weighted by molar-refractivity contribution is 0.0696. The zero-order valence-corrected chi connectivity index (χ0v) is 17.1. The van der Waals surface area contributed by atoms with Gasteiger partial charge in [-0.1, -0.05) is 18.2 Å². The summed E-state index contributed by atoms with van der Waals surface area (Å²) >= 11 is 0. The number of aromatic carboxylic acids is 1. The van der Waals surface area contributed by atoms with Gasteiger partial charge in [0.1, 0.15) is 0 Å². The van der Waals surface area contributed by atoms with Crippen LogP contribution in [0.5, 0.6) is 0 Å². The van der Waals surface area contributed by atoms with Crippen LogP contribution in [0.25, 0.3) is 0 Å². The molecule has 0 amide bonds. The fourth-order valence-corrected chi connectivity index (χ4v) is 4.49. The molecule has 3 heterocycles. The van der Waals surface area contributed by atoms with E-state index in [1.807, 2.05) is 0 Å². The third-order valence-electron chi connectivity index (χ3n) is 6.33. The molecule has 154 valence electrons. The van der Waals surface area contributed by atoms with Crippen molar-refractivity contribution in [3.63, 3.8) is 0 Å². The smallest absolute Gasteiger partial charge is 0.338 e. The number of rotatable bonds is 6. The first kappa shape index (κ1) is 19.6. The van der Waals surface area contributed by atoms with Crippen molar-refractivity contribution in [1.82, 2.24) is 15.3 Å². The highest BCUT2D eigenvalue weighted by Crippen LogP contribution is 2.36. The molecule has 7 nitrogen and oxygen atoms in total. The quantitative estimate of drug-likeness (QED) is 0.778. The van der Waals surface area contributed by atoms with Crippen LogP contribution in [0, 0.1) is 5.92 Å². The molecular formula is C22H29N5O2. The van der Waals surface area contributed by atoms with Gasteiger partial charge in [0.25, 0.3) is 0 Å². The van der Waals surface area contributed by atoms with Crippen molar-refractivity contribution in [2.24, 2.45) is 5.92 Å². The van der Waals surface area contributed by atoms with Gasteiger partial charge in [0.2, 0.25) is 5.95 Å². The summed E-state index contributed by atoms with van der Waals surface area (Å²) in [6.45, 7) is 6.20. The van der Waals surface area contributed by atoms with Gasteiger partial charge < -0.3 is 20.2 Å². The zero-order chi connectivity index (χ0) is 20.4. The first-order valence-corrected chi connectivity index (χ1v) is 10.4. The van der Waals surface area contributed by atoms with Crippen LogP contribution < -0.4 is 15.1 Å². The van der Waals surface area contributed by atoms with Crippen molar-refractivity contribution in [3.8, 4) is 0 Å². The number of carbonyl (C=O) groups is 1. The number of hydrogen-bond acceptors (Lipinski definition) is 6. The maximum atomic E-state index is 10.9. The van der Waals surface area contributed by atoms with Gasteiger partial charge in [-0.2, -0.15) is 0 Å². The summed E-state index contributed by atoms with van der Waals surface area (Å²) in [4.78, 5) is 23.9. The average Bonchev–Trinajstić information content (AvgIpc) is 3.09. The van der Waals surface area contributed by atoms with Gasteiger partial charge in [-0.05, 0) is 43.9 Å². The molecule has 1 saturated heterocycles. The minimum absolute atomic E-state index is 0.126. The number of fused-ring (bicyclic) bond motifs is 1. The lowest BCUT2D eigenvalue weighted by Crippen LogP contribution is -2.41. The monoisotopic (exact) mass is 395 g/mol. The lowest BCUT2D eigenvalue weighted by atomic mass is 9.92. The Morgan fingerprint density at radius 2 is 1.93 bits per heavy atom. The van der Waals surface area contributed by atoms with Crippen LogP contribution >= 0.6 is 0 Å². The van der Waals surface area contributed by atoms with E-state index in [-0.39, 0.29) is 5.56 Å². The molecule has 0 spiro atoms. The fourth-order valence-electron chi connectivity index (χ4n) is 4.49. The first-order chi connectivity index (χ1) is 14.0. The SMILES string of the molecule is CC(NCC1CCN(c2ncc(C(=O)O)cn2)CC1)C1CN(C)c2ccccc21. The highest BCUT2D eigenvalue weighted by molar-refractivity contribution is 5.86. The molecule has 0 aliphatic carbocycles. The van der Waals surface area contributed by atoms with Crippen molar-refractivity contribution in [3.05, 3.63) is 47.8 Å². The number of piperidine rings is 1. The number of hydrogen-bond donors (Lipinski definition) is 2. The van der Waals surface area contributed by atoms with Crippen molar-refractivity contribution in [2.75, 3.05) is 43.0 Å². The number of nitrogens with one attached hydrogen (secondary N) is 1. The van der Waals surface area contributed by atoms with Crippen LogP contribution in [0.3, 0.4) is 0 Å². The van der Waals surface area contributed by atoms with E-state index < -0.39 is 5.97 Å². The summed E-state index contributed by atoms with van der Waals surface area (Å²) in [5.41, 5.74) is 2.93. The topological polar surface area (TPSA) is 81.6 Å². The summed E-state index contributed by atoms with van der Waals surface area (Å²) in [5.74, 6) is 0.797. The lowest BCUT2D eigenvalue weighted by Gasteiger charge is -2.33. The summed E-state index contributed by atoms with van der Waals surface area (Å²) < 4.78 is 0. The molecule has 0 radical (unpaired) electrons. The minimum atomic E-state index is -0.994. The number of benzene rings is 1. The minimum Gasteiger partial charge on any atom is -0.478 e. The van der Waals surface area contributed by atoms with Crippen molar-refractivity contribution in [1.29, 1.82) is 0 Å². The summed E-state index contributed by atoms with van der Waals surface area (Å²) in [5, 5.41) is 12.8. The van der Waals surface area contributed by atoms with Gasteiger partial charge in [-0.15, -0.1) is 0 Å². The van der Waals surface area contributed by atoms with E-state index in [4.69, 9.17) is 5.11 Å². The van der Waals surface area contributed by atoms with Gasteiger partial charge in [0, 0.05) is 56.7 Å². The Labute approximate surface area is 171 Å². The van der Waals surface area contributed by atoms with Crippen LogP contribution in [0.15, 0.2) is 36.7 Å². The van der Waals surface area contributed by atoms with E-state index in [1.165, 1.54) is 23.6 Å². The van der Waals surface area contributed by atoms with E-state index in [0.717, 1.165) is 39.0 Å². The first-order valence-electron chi connectivity index (χ1n) is 10.4. The number of nitrogens with zero attached hydrogens (tertiary/aromatic N) is 4. The Kier molecular flexibility index (Phi) is 5.67. The number of aromatic nitrogens is 2. The predicted molar refractivity (Wildman–Crippen MR) is 114 cm³/mol. The molecule has 1 fully saturated rings. The second kappa shape index (κ2) is 8.37. The fraction of sp³-hybridized carbons (Fsp3) is 0.500. The standard InChI is InChI=1S/C22H29N5O2/c1-15(19-14-26(2)20-6-4-3-5-18(19)20)23-11-16-7-9-27(10-8-16)22-24-12-17(13-25-22)21(28)29/h3-6,12-13,15-16,19,23H,7-11,14H2,1-2H3,(H,28,29). The number of carboxylic acids is 1. The van der Waals surface area contributed by atoms with E-state index in [2.05, 4.69) is 63.3 Å². The molecule has 2 unspecified atom stereocenters. The number of likely N-dealkylation sites (N-methyl/N-ethyl adjacent to an activating group) is 1. The molecule has 2 N–H and O–H groups in total. The van der Waals surface area contributed by atoms with Crippen LogP contribution in [0.1, 0.15) is 41.6 Å². The molecule has 1 aromatic carbocycles. The Bertz CT molecular complexity index is 849. The third-order valence-corrected chi connectivity index (χ3v) is 6.33. The summed E-state index contributed by atoms with van der Waals surface area (Å²) in [7, 11) is 2.17. The zero-order valence-electron chi connectivity index (χ0n) is 17.1. The molecule has 7 heteroatoms. The highest BCUT2D eigenvalue weighted by Gasteiger charge is 2.30. The number of anilines is 2. The van der Waals surface area contributed by atoms with Gasteiger partial charge in [0.05, 0.1) is 5.56 Å². The molecule has 29 heavy (non-hydrogen) atoms. The van der Waals surface area contributed by atoms with Crippen LogP contribution in [-0.2, 0) is 0 Å². The third kappa shape index (κ3) is 4.19. The van der Waals surface area contributed by atoms with E-state index in [9.17, 15) is 4.79 Å². The Hall–Kier alpha value is -2.67. The second-order valence-electron chi connectivity index (χ2n) is 8.25. The van der Waals surface area contributed by atoms with Crippen LogP contribution in [0.2, 0.25) is 0 Å². The summed E-state index contributed by atoms with van der Waals surface area (Å²) in [6, 6.07) is 9.16. The van der Waals surface area contributed by atoms with Gasteiger partial charge in [-0.25, -0.2) is 14.8 Å². The van der Waals surface area contributed by atoms with E-state index >= 15 is 0 Å². The van der Waals surface area contributed by atoms with Crippen molar-refractivity contribution >= 4 is 17.6 Å². The van der Waals surface area contributed by atoms with Gasteiger partial charge >= 0.3 is 5.97 Å². The Balaban J connectivity index is 1.27. The van der Waals surface area contributed by atoms with E-state index in [0.29, 0.717) is 23.8 Å². The van der Waals surface area contributed by atoms with E-state index in [1.54, 1.807) is 0 Å². The second-order valence-corrected chi connectivity index (χ2v) is 8.25.